The number of amides is 1. The van der Waals surface area contributed by atoms with E-state index in [0.29, 0.717) is 12.3 Å². The van der Waals surface area contributed by atoms with E-state index < -0.39 is 0 Å². The summed E-state index contributed by atoms with van der Waals surface area (Å²) in [5, 5.41) is 3.19. The Morgan fingerprint density at radius 3 is 2.36 bits per heavy atom. The van der Waals surface area contributed by atoms with Gasteiger partial charge in [0, 0.05) is 25.2 Å². The van der Waals surface area contributed by atoms with Crippen molar-refractivity contribution in [2.45, 2.75) is 51.5 Å². The first-order valence-corrected chi connectivity index (χ1v) is 9.94. The quantitative estimate of drug-likeness (QED) is 0.887. The predicted octanol–water partition coefficient (Wildman–Crippen LogP) is 3.59. The van der Waals surface area contributed by atoms with Crippen molar-refractivity contribution < 1.29 is 4.79 Å². The summed E-state index contributed by atoms with van der Waals surface area (Å²) in [5.41, 5.74) is 2.51. The standard InChI is InChI=1S/C21H33N3O/c1-17(22-21(25)16-18-10-14-23(2)15-11-18)19-6-8-20(9-7-19)24-12-4-3-5-13-24/h6-9,17-18H,3-5,10-16H2,1-2H3,(H,22,25)/t17-/m0/s1. The molecule has 0 unspecified atom stereocenters. The molecule has 0 saturated carbocycles. The molecule has 138 valence electrons. The molecule has 2 aliphatic heterocycles. The van der Waals surface area contributed by atoms with E-state index in [2.05, 4.69) is 53.4 Å². The van der Waals surface area contributed by atoms with Gasteiger partial charge >= 0.3 is 0 Å². The molecule has 1 aromatic rings. The van der Waals surface area contributed by atoms with Crippen molar-refractivity contribution in [2.24, 2.45) is 5.92 Å². The van der Waals surface area contributed by atoms with E-state index in [0.717, 1.165) is 25.9 Å². The van der Waals surface area contributed by atoms with E-state index in [9.17, 15) is 4.79 Å². The molecule has 2 aliphatic rings. The molecular weight excluding hydrogens is 310 g/mol. The van der Waals surface area contributed by atoms with Crippen LogP contribution in [0.25, 0.3) is 0 Å². The summed E-state index contributed by atoms with van der Waals surface area (Å²) in [4.78, 5) is 17.2. The molecule has 2 saturated heterocycles. The Bertz CT molecular complexity index is 543. The van der Waals surface area contributed by atoms with E-state index in [-0.39, 0.29) is 11.9 Å². The number of rotatable bonds is 5. The Kier molecular flexibility index (Phi) is 6.35. The lowest BCUT2D eigenvalue weighted by Gasteiger charge is -2.29. The van der Waals surface area contributed by atoms with Crippen molar-refractivity contribution in [1.29, 1.82) is 0 Å². The van der Waals surface area contributed by atoms with Gasteiger partial charge in [-0.3, -0.25) is 4.79 Å². The van der Waals surface area contributed by atoms with Crippen LogP contribution in [0.1, 0.15) is 57.1 Å². The SMILES string of the molecule is C[C@H](NC(=O)CC1CCN(C)CC1)c1ccc(N2CCCCC2)cc1. The first kappa shape index (κ1) is 18.2. The molecule has 1 atom stereocenters. The summed E-state index contributed by atoms with van der Waals surface area (Å²) >= 11 is 0. The van der Waals surface area contributed by atoms with Crippen LogP contribution in [-0.4, -0.2) is 44.0 Å². The van der Waals surface area contributed by atoms with E-state index >= 15 is 0 Å². The fourth-order valence-corrected chi connectivity index (χ4v) is 4.04. The van der Waals surface area contributed by atoms with Gasteiger partial charge < -0.3 is 15.1 Å². The Hall–Kier alpha value is -1.55. The van der Waals surface area contributed by atoms with Gasteiger partial charge in [0.2, 0.25) is 5.91 Å². The third-order valence-corrected chi connectivity index (χ3v) is 5.80. The molecule has 0 bridgehead atoms. The lowest BCUT2D eigenvalue weighted by molar-refractivity contribution is -0.123. The largest absolute Gasteiger partial charge is 0.372 e. The van der Waals surface area contributed by atoms with Crippen molar-refractivity contribution in [2.75, 3.05) is 38.1 Å². The normalized spacial score (nSPS) is 21.1. The molecule has 4 heteroatoms. The van der Waals surface area contributed by atoms with Gasteiger partial charge in [-0.05, 0) is 82.8 Å². The van der Waals surface area contributed by atoms with Crippen LogP contribution in [0.2, 0.25) is 0 Å². The van der Waals surface area contributed by atoms with Gasteiger partial charge in [0.15, 0.2) is 0 Å². The van der Waals surface area contributed by atoms with E-state index in [1.165, 1.54) is 43.6 Å². The predicted molar refractivity (Wildman–Crippen MR) is 104 cm³/mol. The number of hydrogen-bond acceptors (Lipinski definition) is 3. The highest BCUT2D eigenvalue weighted by Crippen LogP contribution is 2.23. The van der Waals surface area contributed by atoms with Gasteiger partial charge in [0.25, 0.3) is 0 Å². The number of carbonyl (C=O) groups is 1. The fraction of sp³-hybridized carbons (Fsp3) is 0.667. The van der Waals surface area contributed by atoms with Crippen LogP contribution in [0, 0.1) is 5.92 Å². The van der Waals surface area contributed by atoms with Gasteiger partial charge in [-0.2, -0.15) is 0 Å². The summed E-state index contributed by atoms with van der Waals surface area (Å²) in [6, 6.07) is 8.84. The molecule has 0 aromatic heterocycles. The second-order valence-electron chi connectivity index (χ2n) is 7.88. The Balaban J connectivity index is 1.48. The van der Waals surface area contributed by atoms with Crippen LogP contribution in [0.15, 0.2) is 24.3 Å². The molecule has 0 aliphatic carbocycles. The third-order valence-electron chi connectivity index (χ3n) is 5.80. The highest BCUT2D eigenvalue weighted by Gasteiger charge is 2.20. The van der Waals surface area contributed by atoms with Crippen LogP contribution in [0.4, 0.5) is 5.69 Å². The van der Waals surface area contributed by atoms with Crippen LogP contribution in [-0.2, 0) is 4.79 Å². The van der Waals surface area contributed by atoms with Crippen LogP contribution >= 0.6 is 0 Å². The number of hydrogen-bond donors (Lipinski definition) is 1. The number of carbonyl (C=O) groups excluding carboxylic acids is 1. The minimum Gasteiger partial charge on any atom is -0.372 e. The zero-order valence-corrected chi connectivity index (χ0v) is 15.8. The summed E-state index contributed by atoms with van der Waals surface area (Å²) < 4.78 is 0. The smallest absolute Gasteiger partial charge is 0.220 e. The molecule has 2 fully saturated rings. The lowest BCUT2D eigenvalue weighted by Crippen LogP contribution is -2.34. The first-order chi connectivity index (χ1) is 12.1. The molecule has 25 heavy (non-hydrogen) atoms. The topological polar surface area (TPSA) is 35.6 Å². The zero-order valence-electron chi connectivity index (χ0n) is 15.8. The van der Waals surface area contributed by atoms with E-state index in [4.69, 9.17) is 0 Å². The fourth-order valence-electron chi connectivity index (χ4n) is 4.04. The van der Waals surface area contributed by atoms with Gasteiger partial charge in [-0.25, -0.2) is 0 Å². The Labute approximate surface area is 152 Å². The average molecular weight is 344 g/mol. The maximum absolute atomic E-state index is 12.4. The number of benzene rings is 1. The maximum Gasteiger partial charge on any atom is 0.220 e. The highest BCUT2D eigenvalue weighted by molar-refractivity contribution is 5.76. The second kappa shape index (κ2) is 8.70. The number of nitrogens with zero attached hydrogens (tertiary/aromatic N) is 2. The summed E-state index contributed by atoms with van der Waals surface area (Å²) in [6.45, 7) is 6.66. The molecule has 4 nitrogen and oxygen atoms in total. The zero-order chi connectivity index (χ0) is 17.6. The molecule has 3 rings (SSSR count). The number of likely N-dealkylation sites (tertiary alicyclic amines) is 1. The molecule has 2 heterocycles. The second-order valence-corrected chi connectivity index (χ2v) is 7.88. The monoisotopic (exact) mass is 343 g/mol. The minimum atomic E-state index is 0.0779. The van der Waals surface area contributed by atoms with Crippen LogP contribution < -0.4 is 10.2 Å². The molecular formula is C21H33N3O. The Morgan fingerprint density at radius 1 is 1.08 bits per heavy atom. The molecule has 1 N–H and O–H groups in total. The van der Waals surface area contributed by atoms with Crippen LogP contribution in [0.5, 0.6) is 0 Å². The van der Waals surface area contributed by atoms with E-state index in [1.807, 2.05) is 0 Å². The average Bonchev–Trinajstić information content (AvgIpc) is 2.64. The Morgan fingerprint density at radius 2 is 1.72 bits per heavy atom. The molecule has 1 aromatic carbocycles. The van der Waals surface area contributed by atoms with Gasteiger partial charge in [0.1, 0.15) is 0 Å². The summed E-state index contributed by atoms with van der Waals surface area (Å²) in [6.07, 6.45) is 6.90. The summed E-state index contributed by atoms with van der Waals surface area (Å²) in [5.74, 6) is 0.743. The van der Waals surface area contributed by atoms with Crippen molar-refractivity contribution in [3.05, 3.63) is 29.8 Å². The molecule has 0 radical (unpaired) electrons. The lowest BCUT2D eigenvalue weighted by atomic mass is 9.93. The van der Waals surface area contributed by atoms with Crippen molar-refractivity contribution in [3.63, 3.8) is 0 Å². The first-order valence-electron chi connectivity index (χ1n) is 9.94. The number of piperidine rings is 2. The number of anilines is 1. The molecule has 0 spiro atoms. The van der Waals surface area contributed by atoms with Gasteiger partial charge in [-0.15, -0.1) is 0 Å². The third kappa shape index (κ3) is 5.21. The minimum absolute atomic E-state index is 0.0779. The maximum atomic E-state index is 12.4. The van der Waals surface area contributed by atoms with Crippen molar-refractivity contribution in [1.82, 2.24) is 10.2 Å². The van der Waals surface area contributed by atoms with Crippen molar-refractivity contribution >= 4 is 11.6 Å². The van der Waals surface area contributed by atoms with E-state index in [1.54, 1.807) is 0 Å². The molecule has 1 amide bonds. The number of nitrogens with one attached hydrogen (secondary N) is 1. The van der Waals surface area contributed by atoms with Gasteiger partial charge in [-0.1, -0.05) is 12.1 Å². The summed E-state index contributed by atoms with van der Waals surface area (Å²) in [7, 11) is 2.16. The van der Waals surface area contributed by atoms with Gasteiger partial charge in [0.05, 0.1) is 6.04 Å². The van der Waals surface area contributed by atoms with Crippen molar-refractivity contribution in [3.8, 4) is 0 Å². The van der Waals surface area contributed by atoms with Crippen LogP contribution in [0.3, 0.4) is 0 Å². The highest BCUT2D eigenvalue weighted by atomic mass is 16.1.